The molecule has 4 aromatic carbocycles. The number of fused-ring (bicyclic) bond motifs is 2. The van der Waals surface area contributed by atoms with Crippen molar-refractivity contribution in [3.8, 4) is 28.4 Å². The highest BCUT2D eigenvalue weighted by atomic mass is 16.7. The number of anilines is 2. The molecule has 6 rings (SSSR count). The van der Waals surface area contributed by atoms with E-state index in [4.69, 9.17) is 23.6 Å². The highest BCUT2D eigenvalue weighted by molar-refractivity contribution is 5.93. The van der Waals surface area contributed by atoms with Gasteiger partial charge in [0.15, 0.2) is 11.5 Å². The van der Waals surface area contributed by atoms with E-state index in [1.165, 1.54) is 0 Å². The quantitative estimate of drug-likeness (QED) is 0.255. The number of aryl methyl sites for hydroxylation is 2. The Balaban J connectivity index is 1.52. The molecular formula is C32H28N2O4. The zero-order valence-electron chi connectivity index (χ0n) is 21.6. The lowest BCUT2D eigenvalue weighted by Crippen LogP contribution is -2.00. The van der Waals surface area contributed by atoms with Gasteiger partial charge >= 0.3 is 0 Å². The molecule has 0 saturated carbocycles. The Labute approximate surface area is 221 Å². The third kappa shape index (κ3) is 4.57. The lowest BCUT2D eigenvalue weighted by molar-refractivity contribution is 0.174. The minimum Gasteiger partial charge on any atom is -0.493 e. The molecule has 38 heavy (non-hydrogen) atoms. The summed E-state index contributed by atoms with van der Waals surface area (Å²) in [6.07, 6.45) is 0. The molecule has 6 heteroatoms. The van der Waals surface area contributed by atoms with Crippen LogP contribution in [0.5, 0.6) is 17.2 Å². The lowest BCUT2D eigenvalue weighted by atomic mass is 10.1. The monoisotopic (exact) mass is 504 g/mol. The second kappa shape index (κ2) is 9.98. The minimum atomic E-state index is 0.231. The van der Waals surface area contributed by atoms with E-state index in [0.717, 1.165) is 73.1 Å². The van der Waals surface area contributed by atoms with Crippen molar-refractivity contribution < 1.29 is 18.6 Å². The normalized spacial score (nSPS) is 12.7. The number of nitrogens with one attached hydrogen (secondary N) is 1. The molecule has 0 atom stereocenters. The zero-order chi connectivity index (χ0) is 26.1. The van der Waals surface area contributed by atoms with Crippen molar-refractivity contribution in [3.05, 3.63) is 102 Å². The Morgan fingerprint density at radius 2 is 1.50 bits per heavy atom. The summed E-state index contributed by atoms with van der Waals surface area (Å²) in [5.41, 5.74) is 4.81. The van der Waals surface area contributed by atoms with Gasteiger partial charge in [-0.3, -0.25) is 0 Å². The number of furan rings is 1. The summed E-state index contributed by atoms with van der Waals surface area (Å²) in [4.78, 5) is 5.09. The number of para-hydroxylation sites is 1. The summed E-state index contributed by atoms with van der Waals surface area (Å²) in [6, 6.07) is 28.3. The maximum Gasteiger partial charge on any atom is 0.231 e. The summed E-state index contributed by atoms with van der Waals surface area (Å²) < 4.78 is 23.4. The van der Waals surface area contributed by atoms with Crippen LogP contribution in [0, 0.1) is 13.8 Å². The summed E-state index contributed by atoms with van der Waals surface area (Å²) >= 11 is 0. The average molecular weight is 505 g/mol. The van der Waals surface area contributed by atoms with E-state index >= 15 is 0 Å². The number of benzene rings is 3. The summed E-state index contributed by atoms with van der Waals surface area (Å²) in [5, 5.41) is 6.08. The largest absolute Gasteiger partial charge is 0.493 e. The lowest BCUT2D eigenvalue weighted by Gasteiger charge is -2.06. The molecule has 1 N–H and O–H groups in total. The van der Waals surface area contributed by atoms with Crippen molar-refractivity contribution in [3.63, 3.8) is 0 Å². The third-order valence-corrected chi connectivity index (χ3v) is 6.53. The topological polar surface area (TPSA) is 65.2 Å². The number of nitrogens with zero attached hydrogens (tertiary/aromatic N) is 1. The van der Waals surface area contributed by atoms with Crippen LogP contribution in [-0.2, 0) is 0 Å². The van der Waals surface area contributed by atoms with Crippen LogP contribution in [0.2, 0.25) is 0 Å². The molecule has 6 nitrogen and oxygen atoms in total. The Hall–Kier alpha value is -4.71. The fourth-order valence-corrected chi connectivity index (χ4v) is 4.81. The molecule has 2 heterocycles. The van der Waals surface area contributed by atoms with Crippen molar-refractivity contribution in [2.45, 2.75) is 20.8 Å². The molecular weight excluding hydrogens is 476 g/mol. The van der Waals surface area contributed by atoms with Crippen LogP contribution >= 0.6 is 0 Å². The molecule has 0 amide bonds. The third-order valence-electron chi connectivity index (χ3n) is 6.53. The van der Waals surface area contributed by atoms with Gasteiger partial charge in [0.2, 0.25) is 6.79 Å². The summed E-state index contributed by atoms with van der Waals surface area (Å²) in [5.74, 6) is 3.83. The molecule has 0 unspecified atom stereocenters. The van der Waals surface area contributed by atoms with Crippen molar-refractivity contribution in [1.82, 2.24) is 0 Å². The van der Waals surface area contributed by atoms with Crippen molar-refractivity contribution in [1.29, 1.82) is 0 Å². The molecule has 0 bridgehead atoms. The predicted molar refractivity (Wildman–Crippen MR) is 150 cm³/mol. The van der Waals surface area contributed by atoms with E-state index in [-0.39, 0.29) is 6.79 Å². The first-order chi connectivity index (χ1) is 18.6. The Morgan fingerprint density at radius 1 is 0.763 bits per heavy atom. The Morgan fingerprint density at radius 3 is 2.29 bits per heavy atom. The van der Waals surface area contributed by atoms with Crippen LogP contribution in [-0.4, -0.2) is 13.4 Å². The first kappa shape index (κ1) is 23.7. The molecule has 0 aliphatic carbocycles. The van der Waals surface area contributed by atoms with Gasteiger partial charge in [-0.15, -0.1) is 0 Å². The van der Waals surface area contributed by atoms with Gasteiger partial charge in [-0.2, -0.15) is 0 Å². The number of hydrogen-bond acceptors (Lipinski definition) is 6. The summed E-state index contributed by atoms with van der Waals surface area (Å²) in [6.45, 7) is 6.68. The van der Waals surface area contributed by atoms with E-state index in [0.29, 0.717) is 6.61 Å². The predicted octanol–water partition coefficient (Wildman–Crippen LogP) is 7.82. The first-order valence-electron chi connectivity index (χ1n) is 12.7. The SMILES string of the molecule is CCOc1cc(-c2ccc3c(c2)OCO3)cc(=Nc2ccc(Nc3ccccc3)cc2)c2c(C)oc(C)c12. The first-order valence-corrected chi connectivity index (χ1v) is 12.7. The Bertz CT molecular complexity index is 1690. The van der Waals surface area contributed by atoms with Gasteiger partial charge in [0, 0.05) is 11.4 Å². The fraction of sp³-hybridized carbons (Fsp3) is 0.156. The van der Waals surface area contributed by atoms with Gasteiger partial charge in [0.05, 0.1) is 28.4 Å². The number of ether oxygens (including phenoxy) is 3. The number of hydrogen-bond donors (Lipinski definition) is 1. The van der Waals surface area contributed by atoms with Gasteiger partial charge in [-0.1, -0.05) is 24.3 Å². The van der Waals surface area contributed by atoms with E-state index in [2.05, 4.69) is 17.4 Å². The van der Waals surface area contributed by atoms with Crippen LogP contribution in [0.4, 0.5) is 17.1 Å². The molecule has 190 valence electrons. The molecule has 0 radical (unpaired) electrons. The van der Waals surface area contributed by atoms with E-state index in [1.54, 1.807) is 0 Å². The van der Waals surface area contributed by atoms with E-state index in [9.17, 15) is 0 Å². The second-order valence-electron chi connectivity index (χ2n) is 9.11. The zero-order valence-corrected chi connectivity index (χ0v) is 21.6. The smallest absolute Gasteiger partial charge is 0.231 e. The molecule has 1 aliphatic heterocycles. The second-order valence-corrected chi connectivity index (χ2v) is 9.11. The number of rotatable bonds is 6. The van der Waals surface area contributed by atoms with Crippen LogP contribution in [0.3, 0.4) is 0 Å². The van der Waals surface area contributed by atoms with Gasteiger partial charge in [0.1, 0.15) is 17.3 Å². The van der Waals surface area contributed by atoms with Crippen LogP contribution in [0.25, 0.3) is 21.9 Å². The van der Waals surface area contributed by atoms with Gasteiger partial charge in [-0.25, -0.2) is 4.99 Å². The van der Waals surface area contributed by atoms with Crippen molar-refractivity contribution >= 4 is 27.8 Å². The average Bonchev–Trinajstić information content (AvgIpc) is 3.47. The maximum absolute atomic E-state index is 6.14. The van der Waals surface area contributed by atoms with Crippen molar-refractivity contribution in [2.75, 3.05) is 18.7 Å². The highest BCUT2D eigenvalue weighted by Crippen LogP contribution is 2.38. The van der Waals surface area contributed by atoms with E-state index in [1.807, 2.05) is 93.6 Å². The summed E-state index contributed by atoms with van der Waals surface area (Å²) in [7, 11) is 0. The molecule has 0 saturated heterocycles. The highest BCUT2D eigenvalue weighted by Gasteiger charge is 2.18. The fourth-order valence-electron chi connectivity index (χ4n) is 4.81. The van der Waals surface area contributed by atoms with Gasteiger partial charge in [-0.05, 0) is 92.6 Å². The van der Waals surface area contributed by atoms with Crippen LogP contribution in [0.1, 0.15) is 18.4 Å². The molecule has 1 aromatic heterocycles. The molecule has 1 aliphatic rings. The standard InChI is InChI=1S/C32H28N2O4/c1-4-35-30-18-23(22-10-15-28-29(17-22)37-19-36-28)16-27(31-20(2)38-21(3)32(30)31)34-26-13-11-25(12-14-26)33-24-8-6-5-7-9-24/h5-18,33H,4,19H2,1-3H3. The van der Waals surface area contributed by atoms with Crippen LogP contribution in [0.15, 0.2) is 94.3 Å². The maximum atomic E-state index is 6.14. The van der Waals surface area contributed by atoms with E-state index < -0.39 is 0 Å². The molecule has 0 fully saturated rings. The van der Waals surface area contributed by atoms with Crippen molar-refractivity contribution in [2.24, 2.45) is 4.99 Å². The minimum absolute atomic E-state index is 0.231. The molecule has 5 aromatic rings. The molecule has 0 spiro atoms. The van der Waals surface area contributed by atoms with Gasteiger partial charge < -0.3 is 23.9 Å². The van der Waals surface area contributed by atoms with Gasteiger partial charge in [0.25, 0.3) is 0 Å². The van der Waals surface area contributed by atoms with Crippen LogP contribution < -0.4 is 24.9 Å². The Kier molecular flexibility index (Phi) is 6.22.